The normalized spacial score (nSPS) is 13.4. The number of benzene rings is 1. The van der Waals surface area contributed by atoms with Gasteiger partial charge < -0.3 is 26.4 Å². The number of aliphatic hydroxyl groups is 1. The summed E-state index contributed by atoms with van der Waals surface area (Å²) in [6.07, 6.45) is 0.812. The van der Waals surface area contributed by atoms with Gasteiger partial charge in [-0.25, -0.2) is 14.8 Å². The van der Waals surface area contributed by atoms with Gasteiger partial charge in [0.2, 0.25) is 5.95 Å². The molecule has 2 amide bonds. The maximum Gasteiger partial charge on any atom is 0.315 e. The number of carbonyl (C=O) groups is 1. The average Bonchev–Trinajstić information content (AvgIpc) is 3.22. The first-order valence-corrected chi connectivity index (χ1v) is 13.7. The number of urea groups is 1. The molecule has 2 aromatic heterocycles. The molecule has 3 rings (SSSR count). The van der Waals surface area contributed by atoms with E-state index in [0.717, 1.165) is 32.9 Å². The lowest BCUT2D eigenvalue weighted by atomic mass is 9.90. The van der Waals surface area contributed by atoms with Gasteiger partial charge in [-0.15, -0.1) is 11.3 Å². The van der Waals surface area contributed by atoms with Crippen molar-refractivity contribution in [1.29, 1.82) is 0 Å². The lowest BCUT2D eigenvalue weighted by Gasteiger charge is -2.24. The van der Waals surface area contributed by atoms with Crippen LogP contribution in [0.3, 0.4) is 0 Å². The van der Waals surface area contributed by atoms with Gasteiger partial charge in [0.05, 0.1) is 21.5 Å². The first-order chi connectivity index (χ1) is 17.5. The molecule has 37 heavy (non-hydrogen) atoms. The Balaban J connectivity index is 1.82. The largest absolute Gasteiger partial charge is 0.396 e. The van der Waals surface area contributed by atoms with Crippen molar-refractivity contribution >= 4 is 39.4 Å². The molecule has 0 aliphatic heterocycles. The van der Waals surface area contributed by atoms with Gasteiger partial charge in [0.1, 0.15) is 10.8 Å². The van der Waals surface area contributed by atoms with E-state index in [1.807, 2.05) is 45.9 Å². The van der Waals surface area contributed by atoms with Crippen LogP contribution in [0.1, 0.15) is 53.7 Å². The zero-order chi connectivity index (χ0) is 27.2. The molecule has 0 spiro atoms. The minimum absolute atomic E-state index is 0.0811. The van der Waals surface area contributed by atoms with E-state index in [4.69, 9.17) is 15.0 Å². The standard InChI is InChI=1S/C27H41N7O2S/c1-16(2)19(15-35)14-17(3)30-23-22(24-32-20-10-8-9-11-21(20)37-24)18(4)31-25(33-23)28-12-13-29-26(36)34-27(5,6)7/h8-11,16-17,19,35H,12-15H2,1-7H3,(H2,29,34,36)(H2,28,30,31,33)/t17?,19-/m1/s1. The van der Waals surface area contributed by atoms with E-state index in [0.29, 0.717) is 30.8 Å². The maximum absolute atomic E-state index is 12.0. The molecule has 0 fully saturated rings. The molecule has 2 atom stereocenters. The van der Waals surface area contributed by atoms with E-state index >= 15 is 0 Å². The SMILES string of the molecule is Cc1nc(NCCNC(=O)NC(C)(C)C)nc(NC(C)C[C@H](CO)C(C)C)c1-c1nc2ccccc2s1. The molecule has 9 nitrogen and oxygen atoms in total. The molecule has 2 heterocycles. The topological polar surface area (TPSA) is 124 Å². The smallest absolute Gasteiger partial charge is 0.315 e. The number of para-hydroxylation sites is 1. The number of aromatic nitrogens is 3. The summed E-state index contributed by atoms with van der Waals surface area (Å²) in [5, 5.41) is 23.2. The highest BCUT2D eigenvalue weighted by atomic mass is 32.1. The number of nitrogens with one attached hydrogen (secondary N) is 4. The van der Waals surface area contributed by atoms with Crippen molar-refractivity contribution in [1.82, 2.24) is 25.6 Å². The van der Waals surface area contributed by atoms with Crippen LogP contribution in [0.4, 0.5) is 16.6 Å². The van der Waals surface area contributed by atoms with Crippen LogP contribution in [0, 0.1) is 18.8 Å². The lowest BCUT2D eigenvalue weighted by molar-refractivity contribution is 0.177. The number of amides is 2. The summed E-state index contributed by atoms with van der Waals surface area (Å²) < 4.78 is 1.11. The minimum Gasteiger partial charge on any atom is -0.396 e. The van der Waals surface area contributed by atoms with Crippen LogP contribution in [-0.2, 0) is 0 Å². The van der Waals surface area contributed by atoms with Crippen molar-refractivity contribution in [2.75, 3.05) is 30.3 Å². The van der Waals surface area contributed by atoms with Gasteiger partial charge in [0.25, 0.3) is 0 Å². The van der Waals surface area contributed by atoms with E-state index < -0.39 is 0 Å². The number of nitrogens with zero attached hydrogens (tertiary/aromatic N) is 3. The molecule has 3 aromatic rings. The number of anilines is 2. The third-order valence-corrected chi connectivity index (χ3v) is 7.05. The van der Waals surface area contributed by atoms with E-state index in [1.54, 1.807) is 11.3 Å². The summed E-state index contributed by atoms with van der Waals surface area (Å²) in [5.74, 6) is 1.77. The molecule has 0 saturated heterocycles. The molecular formula is C27H41N7O2S. The summed E-state index contributed by atoms with van der Waals surface area (Å²) in [4.78, 5) is 26.4. The third-order valence-electron chi connectivity index (χ3n) is 6.00. The molecule has 1 aromatic carbocycles. The number of hydrogen-bond acceptors (Lipinski definition) is 8. The highest BCUT2D eigenvalue weighted by Crippen LogP contribution is 2.36. The van der Waals surface area contributed by atoms with Crippen molar-refractivity contribution in [2.45, 2.75) is 66.5 Å². The highest BCUT2D eigenvalue weighted by Gasteiger charge is 2.21. The molecule has 0 saturated carbocycles. The molecule has 0 aliphatic rings. The van der Waals surface area contributed by atoms with Crippen molar-refractivity contribution in [3.63, 3.8) is 0 Å². The van der Waals surface area contributed by atoms with E-state index in [-0.39, 0.29) is 30.1 Å². The quantitative estimate of drug-likeness (QED) is 0.222. The summed E-state index contributed by atoms with van der Waals surface area (Å²) >= 11 is 1.62. The number of aliphatic hydroxyl groups excluding tert-OH is 1. The van der Waals surface area contributed by atoms with Gasteiger partial charge in [0.15, 0.2) is 0 Å². The Morgan fingerprint density at radius 3 is 2.46 bits per heavy atom. The molecule has 0 bridgehead atoms. The van der Waals surface area contributed by atoms with Gasteiger partial charge in [-0.2, -0.15) is 4.98 Å². The van der Waals surface area contributed by atoms with E-state index in [1.165, 1.54) is 0 Å². The fourth-order valence-electron chi connectivity index (χ4n) is 4.03. The number of fused-ring (bicyclic) bond motifs is 1. The Bertz CT molecular complexity index is 1160. The Labute approximate surface area is 223 Å². The van der Waals surface area contributed by atoms with Crippen molar-refractivity contribution < 1.29 is 9.90 Å². The molecule has 5 N–H and O–H groups in total. The Morgan fingerprint density at radius 2 is 1.81 bits per heavy atom. The van der Waals surface area contributed by atoms with Crippen LogP contribution in [0.2, 0.25) is 0 Å². The number of carbonyl (C=O) groups excluding carboxylic acids is 1. The highest BCUT2D eigenvalue weighted by molar-refractivity contribution is 7.21. The van der Waals surface area contributed by atoms with Crippen molar-refractivity contribution in [2.24, 2.45) is 11.8 Å². The Morgan fingerprint density at radius 1 is 1.08 bits per heavy atom. The van der Waals surface area contributed by atoms with Crippen LogP contribution in [0.25, 0.3) is 20.8 Å². The predicted molar refractivity (Wildman–Crippen MR) is 153 cm³/mol. The zero-order valence-electron chi connectivity index (χ0n) is 23.0. The van der Waals surface area contributed by atoms with E-state index in [9.17, 15) is 9.90 Å². The second-order valence-corrected chi connectivity index (χ2v) is 11.9. The third kappa shape index (κ3) is 8.26. The second kappa shape index (κ2) is 12.5. The summed E-state index contributed by atoms with van der Waals surface area (Å²) in [6.45, 7) is 15.2. The number of aryl methyl sites for hydroxylation is 1. The van der Waals surface area contributed by atoms with Gasteiger partial charge in [-0.3, -0.25) is 0 Å². The van der Waals surface area contributed by atoms with Crippen LogP contribution >= 0.6 is 11.3 Å². The van der Waals surface area contributed by atoms with E-state index in [2.05, 4.69) is 48.1 Å². The average molecular weight is 528 g/mol. The van der Waals surface area contributed by atoms with Gasteiger partial charge in [-0.1, -0.05) is 26.0 Å². The molecule has 0 radical (unpaired) electrons. The Kier molecular flexibility index (Phi) is 9.67. The molecule has 202 valence electrons. The summed E-state index contributed by atoms with van der Waals surface area (Å²) in [6, 6.07) is 7.94. The lowest BCUT2D eigenvalue weighted by Crippen LogP contribution is -2.47. The fraction of sp³-hybridized carbons (Fsp3) is 0.556. The molecule has 1 unspecified atom stereocenters. The van der Waals surface area contributed by atoms with Crippen LogP contribution in [-0.4, -0.2) is 57.4 Å². The van der Waals surface area contributed by atoms with Crippen LogP contribution < -0.4 is 21.3 Å². The minimum atomic E-state index is -0.296. The second-order valence-electron chi connectivity index (χ2n) is 10.9. The summed E-state index contributed by atoms with van der Waals surface area (Å²) in [7, 11) is 0. The first-order valence-electron chi connectivity index (χ1n) is 12.9. The summed E-state index contributed by atoms with van der Waals surface area (Å²) in [5.41, 5.74) is 2.34. The van der Waals surface area contributed by atoms with Crippen molar-refractivity contribution in [3.05, 3.63) is 30.0 Å². The number of thiazole rings is 1. The molecular weight excluding hydrogens is 486 g/mol. The van der Waals surface area contributed by atoms with Crippen LogP contribution in [0.5, 0.6) is 0 Å². The Hall–Kier alpha value is -2.98. The maximum atomic E-state index is 12.0. The zero-order valence-corrected chi connectivity index (χ0v) is 23.8. The number of rotatable bonds is 11. The van der Waals surface area contributed by atoms with Gasteiger partial charge >= 0.3 is 6.03 Å². The first kappa shape index (κ1) is 28.6. The predicted octanol–water partition coefficient (Wildman–Crippen LogP) is 5.03. The molecule has 0 aliphatic carbocycles. The number of hydrogen-bond donors (Lipinski definition) is 5. The van der Waals surface area contributed by atoms with Crippen LogP contribution in [0.15, 0.2) is 24.3 Å². The fourth-order valence-corrected chi connectivity index (χ4v) is 5.09. The van der Waals surface area contributed by atoms with Gasteiger partial charge in [-0.05, 0) is 65.0 Å². The van der Waals surface area contributed by atoms with Gasteiger partial charge in [0, 0.05) is 31.3 Å². The van der Waals surface area contributed by atoms with Crippen molar-refractivity contribution in [3.8, 4) is 10.6 Å². The molecule has 10 heteroatoms. The monoisotopic (exact) mass is 527 g/mol.